The zero-order chi connectivity index (χ0) is 48.4. The fourth-order valence-electron chi connectivity index (χ4n) is 8.40. The third kappa shape index (κ3) is 12.3. The first-order chi connectivity index (χ1) is 32.6. The van der Waals surface area contributed by atoms with Gasteiger partial charge in [-0.05, 0) is 147 Å². The van der Waals surface area contributed by atoms with Crippen LogP contribution in [0.25, 0.3) is 67.4 Å². The minimum atomic E-state index is -0.156. The zero-order valence-electron chi connectivity index (χ0n) is 41.8. The molecule has 0 radical (unpaired) electrons. The van der Waals surface area contributed by atoms with Crippen LogP contribution in [0.1, 0.15) is 129 Å². The van der Waals surface area contributed by atoms with E-state index in [0.717, 1.165) is 101 Å². The van der Waals surface area contributed by atoms with Crippen LogP contribution < -0.4 is 9.47 Å². The highest BCUT2D eigenvalue weighted by Crippen LogP contribution is 2.40. The van der Waals surface area contributed by atoms with E-state index in [2.05, 4.69) is 140 Å². The molecule has 0 saturated carbocycles. The maximum atomic E-state index is 11.7. The number of carbonyl (C=O) groups excluding carboxylic acids is 1. The topological polar surface area (TPSA) is 106 Å². The monoisotopic (exact) mass is 917 g/mol. The lowest BCUT2D eigenvalue weighted by Crippen LogP contribution is -2.14. The summed E-state index contributed by atoms with van der Waals surface area (Å²) in [6.45, 7) is 23.4. The zero-order valence-corrected chi connectivity index (χ0v) is 41.8. The Kier molecular flexibility index (Phi) is 16.0. The molecule has 0 atom stereocenters. The molecule has 0 aliphatic carbocycles. The molecule has 0 aliphatic rings. The summed E-state index contributed by atoms with van der Waals surface area (Å²) in [6, 6.07) is 29.6. The molecular weight excluding hydrogens is 849 g/mol. The summed E-state index contributed by atoms with van der Waals surface area (Å²) in [5.41, 5.74) is 13.7. The quantitative estimate of drug-likeness (QED) is 0.0445. The smallest absolute Gasteiger partial charge is 0.305 e. The Morgan fingerprint density at radius 2 is 1.03 bits per heavy atom. The van der Waals surface area contributed by atoms with Gasteiger partial charge in [-0.1, -0.05) is 83.9 Å². The Labute approximate surface area is 403 Å². The Morgan fingerprint density at radius 3 is 1.47 bits per heavy atom. The van der Waals surface area contributed by atoms with E-state index in [1.807, 2.05) is 26.0 Å². The van der Waals surface area contributed by atoms with Crippen LogP contribution in [0.15, 0.2) is 93.8 Å². The van der Waals surface area contributed by atoms with Gasteiger partial charge in [0.2, 0.25) is 11.8 Å². The first kappa shape index (κ1) is 49.4. The molecule has 0 amide bonds. The fraction of sp³-hybridized carbons (Fsp3) is 0.407. The molecule has 5 aromatic carbocycles. The number of aromatic nitrogens is 2. The van der Waals surface area contributed by atoms with Gasteiger partial charge in [-0.3, -0.25) is 4.79 Å². The number of carbonyl (C=O) groups is 1. The standard InChI is InChI=1S/C59H68N2O7/c1-11-63-30-18-14-13-15-19-31-65-51-37-53-49(35-47(51)58(5,6)7)60-56(67-53)43-26-22-41(23-27-43)45-33-40(4)46(34-39(45)3)42-24-28-44(29-25-42)57-61-50-36-48(59(8,9)10)52(38-54(50)68-57)66-32-20-16-17-21-55(62)64-12-2/h22-29,33-38H,11-17,19-21,31-32H2,1-10H3. The van der Waals surface area contributed by atoms with E-state index in [4.69, 9.17) is 37.7 Å². The first-order valence-corrected chi connectivity index (χ1v) is 24.4. The number of hydrogen-bond acceptors (Lipinski definition) is 9. The number of hydrogen-bond donors (Lipinski definition) is 0. The molecular formula is C59H68N2O7. The van der Waals surface area contributed by atoms with E-state index in [0.29, 0.717) is 55.8 Å². The number of benzene rings is 5. The molecule has 9 nitrogen and oxygen atoms in total. The average molecular weight is 917 g/mol. The summed E-state index contributed by atoms with van der Waals surface area (Å²) in [7, 11) is 0. The summed E-state index contributed by atoms with van der Waals surface area (Å²) in [5.74, 6) is 5.72. The number of fused-ring (bicyclic) bond motifs is 2. The lowest BCUT2D eigenvalue weighted by molar-refractivity contribution is -0.143. The van der Waals surface area contributed by atoms with Crippen molar-refractivity contribution in [1.82, 2.24) is 9.97 Å². The van der Waals surface area contributed by atoms with E-state index in [1.165, 1.54) is 22.3 Å². The number of nitrogens with zero attached hydrogens (tertiary/aromatic N) is 2. The molecule has 2 aromatic heterocycles. The molecule has 0 N–H and O–H groups in total. The second kappa shape index (κ2) is 22.1. The van der Waals surface area contributed by atoms with Crippen molar-refractivity contribution in [2.24, 2.45) is 0 Å². The van der Waals surface area contributed by atoms with Crippen molar-refractivity contribution in [3.63, 3.8) is 0 Å². The number of oxazole rings is 2. The van der Waals surface area contributed by atoms with Crippen molar-refractivity contribution in [1.29, 1.82) is 0 Å². The molecule has 0 fully saturated rings. The average Bonchev–Trinajstić information content (AvgIpc) is 3.93. The van der Waals surface area contributed by atoms with Crippen LogP contribution in [0.5, 0.6) is 11.5 Å². The molecule has 9 heteroatoms. The number of unbranched alkanes of at least 4 members (excludes halogenated alkanes) is 5. The van der Waals surface area contributed by atoms with Gasteiger partial charge < -0.3 is 27.8 Å². The maximum absolute atomic E-state index is 11.7. The van der Waals surface area contributed by atoms with Gasteiger partial charge in [0.25, 0.3) is 0 Å². The first-order valence-electron chi connectivity index (χ1n) is 24.4. The molecule has 7 aromatic rings. The van der Waals surface area contributed by atoms with Crippen molar-refractivity contribution in [3.05, 3.63) is 107 Å². The van der Waals surface area contributed by atoms with Crippen molar-refractivity contribution in [2.45, 2.75) is 131 Å². The van der Waals surface area contributed by atoms with Crippen molar-refractivity contribution in [3.8, 4) is 68.7 Å². The van der Waals surface area contributed by atoms with Crippen LogP contribution in [0.4, 0.5) is 0 Å². The number of esters is 1. The highest BCUT2D eigenvalue weighted by atomic mass is 16.5. The second-order valence-corrected chi connectivity index (χ2v) is 19.6. The maximum Gasteiger partial charge on any atom is 0.305 e. The van der Waals surface area contributed by atoms with Gasteiger partial charge in [-0.15, -0.1) is 0 Å². The van der Waals surface area contributed by atoms with E-state index in [9.17, 15) is 4.79 Å². The van der Waals surface area contributed by atoms with Gasteiger partial charge in [-0.25, -0.2) is 9.97 Å². The van der Waals surface area contributed by atoms with Gasteiger partial charge in [0, 0.05) is 47.2 Å². The van der Waals surface area contributed by atoms with Crippen molar-refractivity contribution >= 4 is 28.2 Å². The van der Waals surface area contributed by atoms with E-state index < -0.39 is 0 Å². The van der Waals surface area contributed by atoms with Gasteiger partial charge in [0.1, 0.15) is 28.6 Å². The molecule has 0 spiro atoms. The van der Waals surface area contributed by atoms with Gasteiger partial charge >= 0.3 is 5.97 Å². The van der Waals surface area contributed by atoms with E-state index >= 15 is 0 Å². The molecule has 0 aliphatic heterocycles. The second-order valence-electron chi connectivity index (χ2n) is 19.6. The van der Waals surface area contributed by atoms with Gasteiger partial charge in [0.05, 0.1) is 26.4 Å². The summed E-state index contributed by atoms with van der Waals surface area (Å²) < 4.78 is 35.6. The number of aryl methyl sites for hydroxylation is 2. The molecule has 0 saturated heterocycles. The Hall–Kier alpha value is -6.53. The summed E-state index contributed by atoms with van der Waals surface area (Å²) in [6.07, 6.45) is 9.54. The van der Waals surface area contributed by atoms with Crippen molar-refractivity contribution < 1.29 is 32.6 Å². The van der Waals surface area contributed by atoms with Crippen LogP contribution in [0.2, 0.25) is 0 Å². The Bertz CT molecular complexity index is 2880. The van der Waals surface area contributed by atoms with Gasteiger partial charge in [0.15, 0.2) is 11.2 Å². The largest absolute Gasteiger partial charge is 0.493 e. The number of rotatable bonds is 19. The van der Waals surface area contributed by atoms with Crippen LogP contribution >= 0.6 is 0 Å². The minimum absolute atomic E-state index is 0.128. The molecule has 2 heterocycles. The SMILES string of the molecule is CCOC#CCCCCCOc1cc2oc(-c3ccc(-c4cc(C)c(-c5ccc(-c6nc7cc(C(C)(C)C)c(OCCCCCC(=O)OCC)cc7o6)cc5)cc4C)cc3)nc2cc1C(C)(C)C. The molecule has 7 rings (SSSR count). The summed E-state index contributed by atoms with van der Waals surface area (Å²) >= 11 is 0. The van der Waals surface area contributed by atoms with Crippen LogP contribution in [0.3, 0.4) is 0 Å². The Morgan fingerprint density at radius 1 is 0.574 bits per heavy atom. The van der Waals surface area contributed by atoms with Crippen LogP contribution in [-0.4, -0.2) is 42.4 Å². The fourth-order valence-corrected chi connectivity index (χ4v) is 8.40. The molecule has 0 bridgehead atoms. The lowest BCUT2D eigenvalue weighted by atomic mass is 9.86. The third-order valence-corrected chi connectivity index (χ3v) is 12.1. The predicted octanol–water partition coefficient (Wildman–Crippen LogP) is 15.3. The third-order valence-electron chi connectivity index (χ3n) is 12.1. The predicted molar refractivity (Wildman–Crippen MR) is 274 cm³/mol. The Balaban J connectivity index is 1.02. The van der Waals surface area contributed by atoms with Crippen molar-refractivity contribution in [2.75, 3.05) is 26.4 Å². The van der Waals surface area contributed by atoms with E-state index in [-0.39, 0.29) is 16.8 Å². The van der Waals surface area contributed by atoms with E-state index in [1.54, 1.807) is 0 Å². The highest BCUT2D eigenvalue weighted by Gasteiger charge is 2.24. The normalized spacial score (nSPS) is 11.7. The molecule has 0 unspecified atom stereocenters. The summed E-state index contributed by atoms with van der Waals surface area (Å²) in [4.78, 5) is 21.5. The number of ether oxygens (including phenoxy) is 4. The molecule has 68 heavy (non-hydrogen) atoms. The minimum Gasteiger partial charge on any atom is -0.493 e. The molecule has 356 valence electrons. The van der Waals surface area contributed by atoms with Crippen LogP contribution in [0, 0.1) is 25.9 Å². The van der Waals surface area contributed by atoms with Gasteiger partial charge in [-0.2, -0.15) is 0 Å². The van der Waals surface area contributed by atoms with Crippen LogP contribution in [-0.2, 0) is 25.1 Å². The summed E-state index contributed by atoms with van der Waals surface area (Å²) in [5, 5.41) is 0. The lowest BCUT2D eigenvalue weighted by Gasteiger charge is -2.22. The highest BCUT2D eigenvalue weighted by molar-refractivity contribution is 5.83.